The van der Waals surface area contributed by atoms with Gasteiger partial charge < -0.3 is 14.2 Å². The number of carbonyl (C=O) groups is 2. The monoisotopic (exact) mass is 545 g/mol. The molecule has 10 nitrogen and oxygen atoms in total. The van der Waals surface area contributed by atoms with Crippen molar-refractivity contribution in [1.82, 2.24) is 20.2 Å². The normalized spacial score (nSPS) is 10.9. The second-order valence-corrected chi connectivity index (χ2v) is 9.22. The van der Waals surface area contributed by atoms with E-state index in [0.717, 1.165) is 16.8 Å². The molecule has 11 heteroatoms. The highest BCUT2D eigenvalue weighted by molar-refractivity contribution is 7.99. The van der Waals surface area contributed by atoms with Crippen LogP contribution in [0.15, 0.2) is 77.0 Å². The largest absolute Gasteiger partial charge is 0.493 e. The Kier molecular flexibility index (Phi) is 8.95. The maximum absolute atomic E-state index is 12.6. The first-order valence-electron chi connectivity index (χ1n) is 11.9. The predicted octanol–water partition coefficient (Wildman–Crippen LogP) is 4.43. The fourth-order valence-electron chi connectivity index (χ4n) is 3.62. The van der Waals surface area contributed by atoms with Crippen LogP contribution in [0.4, 0.5) is 0 Å². The molecular formula is C28H27N5O5S. The Labute approximate surface area is 230 Å². The van der Waals surface area contributed by atoms with Crippen molar-refractivity contribution in [2.45, 2.75) is 19.0 Å². The zero-order valence-corrected chi connectivity index (χ0v) is 22.7. The predicted molar refractivity (Wildman–Crippen MR) is 149 cm³/mol. The number of aryl methyl sites for hydroxylation is 1. The van der Waals surface area contributed by atoms with Gasteiger partial charge in [0.15, 0.2) is 22.5 Å². The lowest BCUT2D eigenvalue weighted by atomic mass is 10.2. The van der Waals surface area contributed by atoms with Gasteiger partial charge in [0.05, 0.1) is 26.2 Å². The highest BCUT2D eigenvalue weighted by Gasteiger charge is 2.18. The molecule has 1 amide bonds. The minimum absolute atomic E-state index is 0.0636. The number of amides is 1. The van der Waals surface area contributed by atoms with E-state index in [1.165, 1.54) is 39.1 Å². The standard InChI is InChI=1S/C28H27N5O5S/c1-18-10-12-22(13-11-18)33-27(21-8-6-5-7-9-21)31-32-28(33)39-17-25(35)30-29-16-20-14-23(36-3)26(38-19(2)34)24(15-20)37-4/h5-16H,17H2,1-4H3,(H,30,35)/b29-16-. The second kappa shape index (κ2) is 12.7. The van der Waals surface area contributed by atoms with Crippen LogP contribution in [0.3, 0.4) is 0 Å². The molecule has 1 aromatic heterocycles. The van der Waals surface area contributed by atoms with E-state index in [2.05, 4.69) is 20.7 Å². The third-order valence-electron chi connectivity index (χ3n) is 5.42. The maximum atomic E-state index is 12.6. The van der Waals surface area contributed by atoms with Crippen LogP contribution in [0.1, 0.15) is 18.1 Å². The molecule has 4 aromatic rings. The quantitative estimate of drug-likeness (QED) is 0.102. The topological polar surface area (TPSA) is 117 Å². The number of carbonyl (C=O) groups excluding carboxylic acids is 2. The van der Waals surface area contributed by atoms with Crippen molar-refractivity contribution in [3.8, 4) is 34.3 Å². The van der Waals surface area contributed by atoms with Crippen molar-refractivity contribution >= 4 is 29.9 Å². The first kappa shape index (κ1) is 27.4. The van der Waals surface area contributed by atoms with Crippen molar-refractivity contribution < 1.29 is 23.8 Å². The smallest absolute Gasteiger partial charge is 0.308 e. The molecule has 1 heterocycles. The van der Waals surface area contributed by atoms with Gasteiger partial charge >= 0.3 is 5.97 Å². The third kappa shape index (κ3) is 6.82. The number of benzene rings is 3. The number of nitrogens with one attached hydrogen (secondary N) is 1. The lowest BCUT2D eigenvalue weighted by molar-refractivity contribution is -0.132. The van der Waals surface area contributed by atoms with Crippen molar-refractivity contribution in [2.75, 3.05) is 20.0 Å². The van der Waals surface area contributed by atoms with Gasteiger partial charge in [0.1, 0.15) is 0 Å². The van der Waals surface area contributed by atoms with E-state index in [1.54, 1.807) is 12.1 Å². The van der Waals surface area contributed by atoms with Gasteiger partial charge in [-0.2, -0.15) is 5.10 Å². The van der Waals surface area contributed by atoms with Crippen LogP contribution in [-0.4, -0.2) is 52.8 Å². The van der Waals surface area contributed by atoms with Crippen molar-refractivity contribution in [1.29, 1.82) is 0 Å². The van der Waals surface area contributed by atoms with Crippen LogP contribution in [0.25, 0.3) is 17.1 Å². The highest BCUT2D eigenvalue weighted by atomic mass is 32.2. The van der Waals surface area contributed by atoms with Crippen LogP contribution in [0.5, 0.6) is 17.2 Å². The molecule has 0 radical (unpaired) electrons. The van der Waals surface area contributed by atoms with Crippen LogP contribution in [0, 0.1) is 6.92 Å². The summed E-state index contributed by atoms with van der Waals surface area (Å²) in [6.45, 7) is 3.31. The van der Waals surface area contributed by atoms with Gasteiger partial charge in [-0.3, -0.25) is 14.2 Å². The van der Waals surface area contributed by atoms with E-state index in [-0.39, 0.29) is 28.9 Å². The van der Waals surface area contributed by atoms with Gasteiger partial charge in [-0.1, -0.05) is 59.8 Å². The van der Waals surface area contributed by atoms with Crippen LogP contribution in [0.2, 0.25) is 0 Å². The van der Waals surface area contributed by atoms with E-state index < -0.39 is 5.97 Å². The van der Waals surface area contributed by atoms with Crippen molar-refractivity contribution in [3.05, 3.63) is 77.9 Å². The number of aromatic nitrogens is 3. The summed E-state index contributed by atoms with van der Waals surface area (Å²) in [5.74, 6) is 0.653. The van der Waals surface area contributed by atoms with Crippen molar-refractivity contribution in [3.63, 3.8) is 0 Å². The summed E-state index contributed by atoms with van der Waals surface area (Å²) in [5.41, 5.74) is 6.03. The Morgan fingerprint density at radius 2 is 1.67 bits per heavy atom. The molecule has 0 bridgehead atoms. The Hall–Kier alpha value is -4.64. The molecule has 0 atom stereocenters. The lowest BCUT2D eigenvalue weighted by Gasteiger charge is -2.13. The number of nitrogens with zero attached hydrogens (tertiary/aromatic N) is 4. The van der Waals surface area contributed by atoms with E-state index in [4.69, 9.17) is 14.2 Å². The summed E-state index contributed by atoms with van der Waals surface area (Å²) in [7, 11) is 2.89. The lowest BCUT2D eigenvalue weighted by Crippen LogP contribution is -2.20. The van der Waals surface area contributed by atoms with Gasteiger partial charge in [-0.15, -0.1) is 10.2 Å². The summed E-state index contributed by atoms with van der Waals surface area (Å²) in [6, 6.07) is 21.0. The molecule has 200 valence electrons. The minimum atomic E-state index is -0.508. The SMILES string of the molecule is COc1cc(/C=N\NC(=O)CSc2nnc(-c3ccccc3)n2-c2ccc(C)cc2)cc(OC)c1OC(C)=O. The molecule has 39 heavy (non-hydrogen) atoms. The molecule has 0 aliphatic carbocycles. The third-order valence-corrected chi connectivity index (χ3v) is 6.35. The number of esters is 1. The summed E-state index contributed by atoms with van der Waals surface area (Å²) < 4.78 is 17.7. The van der Waals surface area contributed by atoms with Crippen LogP contribution < -0.4 is 19.6 Å². The average molecular weight is 546 g/mol. The molecule has 1 N–H and O–H groups in total. The van der Waals surface area contributed by atoms with Crippen LogP contribution >= 0.6 is 11.8 Å². The summed E-state index contributed by atoms with van der Waals surface area (Å²) in [4.78, 5) is 24.0. The number of thioether (sulfide) groups is 1. The fourth-order valence-corrected chi connectivity index (χ4v) is 4.37. The molecule has 0 saturated carbocycles. The van der Waals surface area contributed by atoms with E-state index in [9.17, 15) is 9.59 Å². The second-order valence-electron chi connectivity index (χ2n) is 8.27. The number of hydrazone groups is 1. The molecule has 0 fully saturated rings. The fraction of sp³-hybridized carbons (Fsp3) is 0.179. The molecule has 3 aromatic carbocycles. The number of rotatable bonds is 10. The minimum Gasteiger partial charge on any atom is -0.493 e. The zero-order chi connectivity index (χ0) is 27.8. The molecule has 0 aliphatic heterocycles. The summed E-state index contributed by atoms with van der Waals surface area (Å²) in [6.07, 6.45) is 1.44. The Bertz CT molecular complexity index is 1460. The number of hydrogen-bond acceptors (Lipinski definition) is 9. The molecule has 0 aliphatic rings. The first-order chi connectivity index (χ1) is 18.9. The van der Waals surface area contributed by atoms with E-state index >= 15 is 0 Å². The molecule has 0 saturated heterocycles. The molecular weight excluding hydrogens is 518 g/mol. The van der Waals surface area contributed by atoms with Gasteiger partial charge in [-0.05, 0) is 31.2 Å². The molecule has 0 spiro atoms. The molecule has 4 rings (SSSR count). The Morgan fingerprint density at radius 3 is 2.28 bits per heavy atom. The highest BCUT2D eigenvalue weighted by Crippen LogP contribution is 2.38. The average Bonchev–Trinajstić information content (AvgIpc) is 3.37. The van der Waals surface area contributed by atoms with Gasteiger partial charge in [-0.25, -0.2) is 5.43 Å². The van der Waals surface area contributed by atoms with E-state index in [1.807, 2.05) is 66.1 Å². The van der Waals surface area contributed by atoms with E-state index in [0.29, 0.717) is 16.5 Å². The summed E-state index contributed by atoms with van der Waals surface area (Å²) >= 11 is 1.25. The van der Waals surface area contributed by atoms with Gasteiger partial charge in [0, 0.05) is 23.7 Å². The summed E-state index contributed by atoms with van der Waals surface area (Å²) in [5, 5.41) is 13.4. The number of ether oxygens (including phenoxy) is 3. The molecule has 0 unspecified atom stereocenters. The number of methoxy groups -OCH3 is 2. The first-order valence-corrected chi connectivity index (χ1v) is 12.8. The zero-order valence-electron chi connectivity index (χ0n) is 21.9. The van der Waals surface area contributed by atoms with Crippen LogP contribution in [-0.2, 0) is 9.59 Å². The maximum Gasteiger partial charge on any atom is 0.308 e. The van der Waals surface area contributed by atoms with Gasteiger partial charge in [0.25, 0.3) is 5.91 Å². The Balaban J connectivity index is 1.47. The number of hydrogen-bond donors (Lipinski definition) is 1. The Morgan fingerprint density at radius 1 is 1.00 bits per heavy atom. The van der Waals surface area contributed by atoms with Crippen molar-refractivity contribution in [2.24, 2.45) is 5.10 Å². The van der Waals surface area contributed by atoms with Gasteiger partial charge in [0.2, 0.25) is 5.75 Å².